The Balaban J connectivity index is 1.24. The summed E-state index contributed by atoms with van der Waals surface area (Å²) in [6, 6.07) is 31.7. The Morgan fingerprint density at radius 1 is 0.554 bits per heavy atom. The van der Waals surface area contributed by atoms with E-state index in [-0.39, 0.29) is 5.92 Å². The number of fused-ring (bicyclic) bond motifs is 7. The van der Waals surface area contributed by atoms with Gasteiger partial charge in [0.25, 0.3) is 0 Å². The van der Waals surface area contributed by atoms with Crippen LogP contribution in [0.2, 0.25) is 0 Å². The van der Waals surface area contributed by atoms with E-state index in [4.69, 9.17) is 28.4 Å². The smallest absolute Gasteiger partial charge is 0.0701 e. The van der Waals surface area contributed by atoms with Crippen LogP contribution in [0.5, 0.6) is 0 Å². The molecule has 0 saturated carbocycles. The lowest BCUT2D eigenvalue weighted by molar-refractivity contribution is 0.0498. The van der Waals surface area contributed by atoms with Crippen LogP contribution in [0, 0.1) is 12.8 Å². The monoisotopic (exact) mass is 881 g/mol. The number of rotatable bonds is 25. The van der Waals surface area contributed by atoms with Crippen molar-refractivity contribution >= 4 is 67.1 Å². The number of nitrogens with zero attached hydrogens (tertiary/aromatic N) is 4. The van der Waals surface area contributed by atoms with E-state index in [1.54, 1.807) is 0 Å². The molecule has 0 unspecified atom stereocenters. The zero-order valence-electron chi connectivity index (χ0n) is 39.4. The van der Waals surface area contributed by atoms with Gasteiger partial charge >= 0.3 is 0 Å². The lowest BCUT2D eigenvalue weighted by Gasteiger charge is -2.34. The third-order valence-electron chi connectivity index (χ3n) is 12.7. The van der Waals surface area contributed by atoms with Gasteiger partial charge in [-0.2, -0.15) is 0 Å². The average molecular weight is 881 g/mol. The van der Waals surface area contributed by atoms with Gasteiger partial charge < -0.3 is 47.0 Å². The van der Waals surface area contributed by atoms with Gasteiger partial charge in [0.1, 0.15) is 0 Å². The number of benzene rings is 4. The van der Waals surface area contributed by atoms with Crippen molar-refractivity contribution in [3.05, 3.63) is 119 Å². The fourth-order valence-electron chi connectivity index (χ4n) is 9.70. The number of ether oxygens (including phenoxy) is 6. The first-order valence-electron chi connectivity index (χ1n) is 23.8. The summed E-state index contributed by atoms with van der Waals surface area (Å²) in [5.74, 6) is 0.212. The van der Waals surface area contributed by atoms with Crippen molar-refractivity contribution in [1.29, 1.82) is 0 Å². The topological polar surface area (TPSA) is 73.4 Å². The normalized spacial score (nSPS) is 14.2. The molecule has 10 nitrogen and oxygen atoms in total. The molecule has 1 atom stereocenters. The predicted octanol–water partition coefficient (Wildman–Crippen LogP) is 11.6. The molecule has 0 amide bonds. The number of hydrogen-bond donors (Lipinski definition) is 0. The molecular weight excluding hydrogens is 813 g/mol. The maximum atomic E-state index is 6.07. The predicted molar refractivity (Wildman–Crippen MR) is 268 cm³/mol. The van der Waals surface area contributed by atoms with Crippen LogP contribution in [0.3, 0.4) is 0 Å². The molecule has 8 rings (SSSR count). The largest absolute Gasteiger partial charge is 0.379 e. The van der Waals surface area contributed by atoms with Gasteiger partial charge in [-0.3, -0.25) is 0 Å². The molecule has 0 bridgehead atoms. The molecule has 3 heterocycles. The van der Waals surface area contributed by atoms with E-state index < -0.39 is 0 Å². The second-order valence-electron chi connectivity index (χ2n) is 16.7. The SMILES string of the molecule is C/C=C\c1c(C)c2cc(N(C3=Cc4c(n(CCOCCOCC)c5ccccc45)C[C@@H]3C)c3ccc4c(c3)c3ccccc3n4CCOCCOCC)ccc2n1CCOCCOCC. The minimum atomic E-state index is 0.212. The van der Waals surface area contributed by atoms with Crippen molar-refractivity contribution in [3.63, 3.8) is 0 Å². The molecule has 0 saturated heterocycles. The molecule has 0 fully saturated rings. The standard InChI is InChI=1S/C55H68N4O6/c1-7-15-49-41(6)46-37-42(20-22-52(46)56(49)24-27-63-33-30-60-8-2)59(43-21-23-53-47(38-43)44-16-11-13-18-50(44)57(53)25-28-64-34-31-61-9-3)54-39-48-45-17-12-14-19-51(45)58(55(48)36-40(54)5)26-29-65-35-32-62-10-4/h7,11-23,37-40H,8-10,24-36H2,1-6H3/b15-7-/t40-/m0/s1. The van der Waals surface area contributed by atoms with Crippen molar-refractivity contribution in [2.45, 2.75) is 67.6 Å². The van der Waals surface area contributed by atoms with Crippen LogP contribution in [0.15, 0.2) is 96.7 Å². The number of aryl methyl sites for hydroxylation is 1. The Morgan fingerprint density at radius 3 is 1.65 bits per heavy atom. The van der Waals surface area contributed by atoms with Gasteiger partial charge in [-0.05, 0) is 107 Å². The molecule has 1 aliphatic carbocycles. The van der Waals surface area contributed by atoms with Crippen LogP contribution in [0.1, 0.15) is 57.1 Å². The van der Waals surface area contributed by atoms with E-state index >= 15 is 0 Å². The molecule has 3 aromatic heterocycles. The Morgan fingerprint density at radius 2 is 1.05 bits per heavy atom. The van der Waals surface area contributed by atoms with Crippen LogP contribution in [0.25, 0.3) is 55.8 Å². The summed E-state index contributed by atoms with van der Waals surface area (Å²) in [5.41, 5.74) is 13.5. The zero-order chi connectivity index (χ0) is 45.1. The third kappa shape index (κ3) is 9.99. The Bertz CT molecular complexity index is 2740. The molecule has 0 spiro atoms. The minimum Gasteiger partial charge on any atom is -0.379 e. The molecule has 10 heteroatoms. The molecule has 344 valence electrons. The summed E-state index contributed by atoms with van der Waals surface area (Å²) in [5, 5.41) is 4.97. The van der Waals surface area contributed by atoms with E-state index in [0.29, 0.717) is 79.3 Å². The molecule has 7 aromatic rings. The molecule has 1 aliphatic rings. The van der Waals surface area contributed by atoms with E-state index in [1.807, 2.05) is 20.8 Å². The highest BCUT2D eigenvalue weighted by Gasteiger charge is 2.30. The van der Waals surface area contributed by atoms with Crippen LogP contribution in [0.4, 0.5) is 11.4 Å². The summed E-state index contributed by atoms with van der Waals surface area (Å²) < 4.78 is 42.0. The zero-order valence-corrected chi connectivity index (χ0v) is 39.4. The van der Waals surface area contributed by atoms with Gasteiger partial charge in [0.2, 0.25) is 0 Å². The summed E-state index contributed by atoms with van der Waals surface area (Å²) in [4.78, 5) is 2.53. The first-order chi connectivity index (χ1) is 32.0. The van der Waals surface area contributed by atoms with Crippen LogP contribution in [-0.2, 0) is 54.5 Å². The first-order valence-corrected chi connectivity index (χ1v) is 23.8. The number of para-hydroxylation sites is 2. The highest BCUT2D eigenvalue weighted by Crippen LogP contribution is 2.44. The summed E-state index contributed by atoms with van der Waals surface area (Å²) in [6.45, 7) is 22.6. The van der Waals surface area contributed by atoms with Crippen LogP contribution in [-0.4, -0.2) is 93.0 Å². The van der Waals surface area contributed by atoms with Crippen molar-refractivity contribution in [2.75, 3.05) is 84.2 Å². The van der Waals surface area contributed by atoms with Gasteiger partial charge in [-0.25, -0.2) is 0 Å². The fraction of sp³-hybridized carbons (Fsp3) is 0.418. The molecule has 0 N–H and O–H groups in total. The first kappa shape index (κ1) is 46.3. The molecule has 4 aromatic carbocycles. The van der Waals surface area contributed by atoms with Crippen LogP contribution >= 0.6 is 0 Å². The Hall–Kier alpha value is -5.20. The minimum absolute atomic E-state index is 0.212. The number of allylic oxidation sites excluding steroid dienone is 2. The van der Waals surface area contributed by atoms with Gasteiger partial charge in [0.05, 0.1) is 59.5 Å². The highest BCUT2D eigenvalue weighted by molar-refractivity contribution is 6.09. The van der Waals surface area contributed by atoms with Crippen molar-refractivity contribution in [1.82, 2.24) is 13.7 Å². The Labute approximate surface area is 384 Å². The highest BCUT2D eigenvalue weighted by atomic mass is 16.5. The molecule has 65 heavy (non-hydrogen) atoms. The summed E-state index contributed by atoms with van der Waals surface area (Å²) in [6.07, 6.45) is 7.74. The molecule has 0 aliphatic heterocycles. The second-order valence-corrected chi connectivity index (χ2v) is 16.7. The van der Waals surface area contributed by atoms with Gasteiger partial charge in [0, 0.05) is 123 Å². The quantitative estimate of drug-likeness (QED) is 0.0530. The average Bonchev–Trinajstić information content (AvgIpc) is 3.90. The second kappa shape index (κ2) is 22.3. The van der Waals surface area contributed by atoms with E-state index in [1.165, 1.54) is 71.8 Å². The maximum Gasteiger partial charge on any atom is 0.0701 e. The molecular formula is C55H68N4O6. The molecule has 0 radical (unpaired) electrons. The lowest BCUT2D eigenvalue weighted by atomic mass is 9.89. The van der Waals surface area contributed by atoms with E-state index in [2.05, 4.69) is 143 Å². The van der Waals surface area contributed by atoms with E-state index in [9.17, 15) is 0 Å². The van der Waals surface area contributed by atoms with Gasteiger partial charge in [0.15, 0.2) is 0 Å². The van der Waals surface area contributed by atoms with Crippen molar-refractivity contribution in [2.24, 2.45) is 5.92 Å². The fourth-order valence-corrected chi connectivity index (χ4v) is 9.70. The van der Waals surface area contributed by atoms with Gasteiger partial charge in [-0.15, -0.1) is 0 Å². The number of anilines is 2. The van der Waals surface area contributed by atoms with Gasteiger partial charge in [-0.1, -0.05) is 49.4 Å². The summed E-state index contributed by atoms with van der Waals surface area (Å²) in [7, 11) is 0. The van der Waals surface area contributed by atoms with Crippen LogP contribution < -0.4 is 4.90 Å². The number of aromatic nitrogens is 3. The Kier molecular flexibility index (Phi) is 15.9. The van der Waals surface area contributed by atoms with E-state index in [0.717, 1.165) is 37.4 Å². The lowest BCUT2D eigenvalue weighted by Crippen LogP contribution is -2.26. The third-order valence-corrected chi connectivity index (χ3v) is 12.7. The number of hydrogen-bond acceptors (Lipinski definition) is 7. The van der Waals surface area contributed by atoms with Crippen molar-refractivity contribution < 1.29 is 28.4 Å². The summed E-state index contributed by atoms with van der Waals surface area (Å²) >= 11 is 0. The maximum absolute atomic E-state index is 6.07. The van der Waals surface area contributed by atoms with Crippen molar-refractivity contribution in [3.8, 4) is 0 Å².